The summed E-state index contributed by atoms with van der Waals surface area (Å²) < 4.78 is 16.9. The van der Waals surface area contributed by atoms with E-state index in [4.69, 9.17) is 0 Å². The normalized spacial score (nSPS) is 19.0. The predicted octanol–water partition coefficient (Wildman–Crippen LogP) is 0.398. The van der Waals surface area contributed by atoms with Crippen LogP contribution in [0.5, 0.6) is 0 Å². The Balaban J connectivity index is 2.04. The lowest BCUT2D eigenvalue weighted by Gasteiger charge is -2.07. The summed E-state index contributed by atoms with van der Waals surface area (Å²) >= 11 is 0. The van der Waals surface area contributed by atoms with Crippen LogP contribution in [0.4, 0.5) is 4.39 Å². The summed E-state index contributed by atoms with van der Waals surface area (Å²) in [6.07, 6.45) is -0.175. The third-order valence-electron chi connectivity index (χ3n) is 2.28. The minimum Gasteiger partial charge on any atom is -0.392 e. The van der Waals surface area contributed by atoms with Crippen LogP contribution in [0, 0.1) is 5.82 Å². The number of amides is 1. The zero-order valence-corrected chi connectivity index (χ0v) is 8.60. The highest BCUT2D eigenvalue weighted by atomic mass is 19.1. The molecule has 0 spiro atoms. The fourth-order valence-electron chi connectivity index (χ4n) is 1.43. The molecular formula is C11H8FNO4. The van der Waals surface area contributed by atoms with Crippen molar-refractivity contribution >= 4 is 17.8 Å². The number of carbonyl (C=O) groups excluding carboxylic acids is 3. The number of cyclic esters (lactones) is 2. The minimum absolute atomic E-state index is 0.175. The Labute approximate surface area is 95.6 Å². The predicted molar refractivity (Wildman–Crippen MR) is 53.4 cm³/mol. The van der Waals surface area contributed by atoms with Crippen molar-refractivity contribution in [2.45, 2.75) is 12.5 Å². The first kappa shape index (κ1) is 11.3. The standard InChI is InChI=1S/C11H8FNO4/c12-7-3-1-6(2-4-7)10(15)13-8-5-9(14)17-11(8)16/h1-4,8H,5H2,(H,13,15)/t8-/m1/s1. The number of carbonyl (C=O) groups is 3. The van der Waals surface area contributed by atoms with Gasteiger partial charge in [-0.05, 0) is 24.3 Å². The summed E-state index contributed by atoms with van der Waals surface area (Å²) in [5, 5.41) is 2.34. The quantitative estimate of drug-likeness (QED) is 0.596. The molecule has 1 aliphatic rings. The molecule has 5 nitrogen and oxygen atoms in total. The zero-order valence-electron chi connectivity index (χ0n) is 8.60. The number of nitrogens with one attached hydrogen (secondary N) is 1. The second-order valence-corrected chi connectivity index (χ2v) is 3.53. The molecule has 1 atom stereocenters. The van der Waals surface area contributed by atoms with Crippen LogP contribution in [0.1, 0.15) is 16.8 Å². The first-order valence-electron chi connectivity index (χ1n) is 4.87. The number of ether oxygens (including phenoxy) is 1. The van der Waals surface area contributed by atoms with Crippen molar-refractivity contribution in [1.29, 1.82) is 0 Å². The van der Waals surface area contributed by atoms with E-state index in [1.165, 1.54) is 12.1 Å². The number of rotatable bonds is 2. The Morgan fingerprint density at radius 2 is 1.94 bits per heavy atom. The first-order valence-corrected chi connectivity index (χ1v) is 4.87. The van der Waals surface area contributed by atoms with Crippen LogP contribution >= 0.6 is 0 Å². The molecule has 1 amide bonds. The van der Waals surface area contributed by atoms with Gasteiger partial charge in [0.15, 0.2) is 0 Å². The smallest absolute Gasteiger partial charge is 0.336 e. The van der Waals surface area contributed by atoms with Crippen LogP contribution < -0.4 is 5.32 Å². The molecule has 0 aromatic heterocycles. The van der Waals surface area contributed by atoms with Crippen molar-refractivity contribution in [1.82, 2.24) is 5.32 Å². The molecule has 0 aliphatic carbocycles. The Bertz CT molecular complexity index is 483. The van der Waals surface area contributed by atoms with E-state index >= 15 is 0 Å². The molecule has 17 heavy (non-hydrogen) atoms. The summed E-state index contributed by atoms with van der Waals surface area (Å²) in [6, 6.07) is 3.87. The molecule has 2 rings (SSSR count). The number of hydrogen-bond acceptors (Lipinski definition) is 4. The third-order valence-corrected chi connectivity index (χ3v) is 2.28. The molecule has 1 aromatic rings. The molecule has 0 saturated carbocycles. The maximum absolute atomic E-state index is 12.6. The molecule has 1 N–H and O–H groups in total. The molecular weight excluding hydrogens is 229 g/mol. The Kier molecular flexibility index (Phi) is 2.86. The average Bonchev–Trinajstić information content (AvgIpc) is 2.58. The van der Waals surface area contributed by atoms with Crippen LogP contribution in [0.3, 0.4) is 0 Å². The van der Waals surface area contributed by atoms with Gasteiger partial charge >= 0.3 is 11.9 Å². The molecule has 0 bridgehead atoms. The highest BCUT2D eigenvalue weighted by Gasteiger charge is 2.34. The highest BCUT2D eigenvalue weighted by molar-refractivity contribution is 6.02. The molecule has 1 aromatic carbocycles. The van der Waals surface area contributed by atoms with Crippen LogP contribution in [0.2, 0.25) is 0 Å². The van der Waals surface area contributed by atoms with Gasteiger partial charge in [-0.1, -0.05) is 0 Å². The monoisotopic (exact) mass is 237 g/mol. The van der Waals surface area contributed by atoms with Gasteiger partial charge < -0.3 is 10.1 Å². The number of hydrogen-bond donors (Lipinski definition) is 1. The van der Waals surface area contributed by atoms with Gasteiger partial charge in [-0.2, -0.15) is 0 Å². The number of halogens is 1. The molecule has 1 heterocycles. The van der Waals surface area contributed by atoms with Crippen LogP contribution in [-0.2, 0) is 14.3 Å². The summed E-state index contributed by atoms with van der Waals surface area (Å²) in [4.78, 5) is 33.5. The van der Waals surface area contributed by atoms with E-state index in [1.54, 1.807) is 0 Å². The van der Waals surface area contributed by atoms with Gasteiger partial charge in [0.05, 0.1) is 6.42 Å². The van der Waals surface area contributed by atoms with E-state index < -0.39 is 29.7 Å². The van der Waals surface area contributed by atoms with Gasteiger partial charge in [-0.3, -0.25) is 9.59 Å². The molecule has 88 valence electrons. The van der Waals surface area contributed by atoms with E-state index in [1.807, 2.05) is 0 Å². The van der Waals surface area contributed by atoms with E-state index in [-0.39, 0.29) is 12.0 Å². The van der Waals surface area contributed by atoms with Gasteiger partial charge in [0.2, 0.25) is 0 Å². The number of benzene rings is 1. The Hall–Kier alpha value is -2.24. The van der Waals surface area contributed by atoms with Crippen molar-refractivity contribution in [3.63, 3.8) is 0 Å². The maximum Gasteiger partial charge on any atom is 0.336 e. The molecule has 0 unspecified atom stereocenters. The Morgan fingerprint density at radius 3 is 2.47 bits per heavy atom. The molecule has 1 fully saturated rings. The van der Waals surface area contributed by atoms with Crippen LogP contribution in [-0.4, -0.2) is 23.9 Å². The molecule has 0 radical (unpaired) electrons. The highest BCUT2D eigenvalue weighted by Crippen LogP contribution is 2.09. The largest absolute Gasteiger partial charge is 0.392 e. The summed E-state index contributed by atoms with van der Waals surface area (Å²) in [5.74, 6) is -2.46. The summed E-state index contributed by atoms with van der Waals surface area (Å²) in [6.45, 7) is 0. The van der Waals surface area contributed by atoms with Gasteiger partial charge in [0, 0.05) is 5.56 Å². The van der Waals surface area contributed by atoms with Crippen molar-refractivity contribution in [2.75, 3.05) is 0 Å². The maximum atomic E-state index is 12.6. The van der Waals surface area contributed by atoms with E-state index in [9.17, 15) is 18.8 Å². The van der Waals surface area contributed by atoms with Crippen molar-refractivity contribution in [3.05, 3.63) is 35.6 Å². The average molecular weight is 237 g/mol. The summed E-state index contributed by atoms with van der Waals surface area (Å²) in [7, 11) is 0. The van der Waals surface area contributed by atoms with Crippen molar-refractivity contribution in [2.24, 2.45) is 0 Å². The molecule has 1 aliphatic heterocycles. The van der Waals surface area contributed by atoms with E-state index in [0.717, 1.165) is 12.1 Å². The molecule has 1 saturated heterocycles. The van der Waals surface area contributed by atoms with Crippen LogP contribution in [0.25, 0.3) is 0 Å². The number of esters is 2. The van der Waals surface area contributed by atoms with Crippen LogP contribution in [0.15, 0.2) is 24.3 Å². The fraction of sp³-hybridized carbons (Fsp3) is 0.182. The van der Waals surface area contributed by atoms with Crippen molar-refractivity contribution in [3.8, 4) is 0 Å². The first-order chi connectivity index (χ1) is 8.06. The molecule has 6 heteroatoms. The SMILES string of the molecule is O=C1C[C@@H](NC(=O)c2ccc(F)cc2)C(=O)O1. The van der Waals surface area contributed by atoms with Gasteiger partial charge in [0.1, 0.15) is 11.9 Å². The minimum atomic E-state index is -0.958. The third kappa shape index (κ3) is 2.47. The summed E-state index contributed by atoms with van der Waals surface area (Å²) in [5.41, 5.74) is 0.207. The van der Waals surface area contributed by atoms with Crippen molar-refractivity contribution < 1.29 is 23.5 Å². The van der Waals surface area contributed by atoms with Gasteiger partial charge in [-0.15, -0.1) is 0 Å². The topological polar surface area (TPSA) is 72.5 Å². The lowest BCUT2D eigenvalue weighted by atomic mass is 10.2. The lowest BCUT2D eigenvalue weighted by molar-refractivity contribution is -0.152. The lowest BCUT2D eigenvalue weighted by Crippen LogP contribution is -2.37. The Morgan fingerprint density at radius 1 is 1.29 bits per heavy atom. The van der Waals surface area contributed by atoms with Gasteiger partial charge in [-0.25, -0.2) is 9.18 Å². The van der Waals surface area contributed by atoms with E-state index in [2.05, 4.69) is 10.1 Å². The van der Waals surface area contributed by atoms with Gasteiger partial charge in [0.25, 0.3) is 5.91 Å². The van der Waals surface area contributed by atoms with E-state index in [0.29, 0.717) is 0 Å². The zero-order chi connectivity index (χ0) is 12.4. The fourth-order valence-corrected chi connectivity index (χ4v) is 1.43. The second kappa shape index (κ2) is 4.32. The second-order valence-electron chi connectivity index (χ2n) is 3.53.